The number of hydrogen-bond donors (Lipinski definition) is 2. The number of piperazine rings is 1. The fourth-order valence-corrected chi connectivity index (χ4v) is 4.43. The Labute approximate surface area is 189 Å². The molecule has 2 aliphatic heterocycles. The van der Waals surface area contributed by atoms with Crippen molar-refractivity contribution in [2.24, 2.45) is 5.92 Å². The molecule has 1 saturated carbocycles. The average Bonchev–Trinajstić information content (AvgIpc) is 2.85. The van der Waals surface area contributed by atoms with Crippen LogP contribution in [0.1, 0.15) is 48.9 Å². The summed E-state index contributed by atoms with van der Waals surface area (Å²) < 4.78 is 5.95. The minimum absolute atomic E-state index is 0.0199. The number of nitrogens with one attached hydrogen (secondary N) is 2. The third-order valence-corrected chi connectivity index (χ3v) is 6.33. The summed E-state index contributed by atoms with van der Waals surface area (Å²) in [6, 6.07) is 7.26. The van der Waals surface area contributed by atoms with Crippen LogP contribution in [0.3, 0.4) is 0 Å². The van der Waals surface area contributed by atoms with Crippen molar-refractivity contribution in [1.82, 2.24) is 25.8 Å². The van der Waals surface area contributed by atoms with Crippen molar-refractivity contribution in [2.45, 2.75) is 38.5 Å². The van der Waals surface area contributed by atoms with Crippen LogP contribution in [-0.2, 0) is 0 Å². The van der Waals surface area contributed by atoms with Crippen molar-refractivity contribution in [2.75, 3.05) is 32.8 Å². The molecule has 0 atom stereocenters. The number of rotatable bonds is 6. The van der Waals surface area contributed by atoms with E-state index in [1.54, 1.807) is 22.2 Å². The van der Waals surface area contributed by atoms with E-state index in [4.69, 9.17) is 4.74 Å². The molecule has 4 rings (SSSR count). The van der Waals surface area contributed by atoms with E-state index >= 15 is 0 Å². The second kappa shape index (κ2) is 10.9. The first kappa shape index (κ1) is 22.0. The maximum Gasteiger partial charge on any atom is 0.337 e. The summed E-state index contributed by atoms with van der Waals surface area (Å²) in [5.41, 5.74) is 6.30. The van der Waals surface area contributed by atoms with Crippen LogP contribution in [0.4, 0.5) is 4.79 Å². The van der Waals surface area contributed by atoms with Crippen molar-refractivity contribution in [3.8, 4) is 5.75 Å². The fraction of sp³-hybridized carbons (Fsp3) is 0.500. The molecule has 2 heterocycles. The van der Waals surface area contributed by atoms with E-state index in [-0.39, 0.29) is 11.9 Å². The summed E-state index contributed by atoms with van der Waals surface area (Å²) in [5.74, 6) is 1.51. The zero-order valence-electron chi connectivity index (χ0n) is 18.5. The monoisotopic (exact) mass is 439 g/mol. The van der Waals surface area contributed by atoms with Gasteiger partial charge in [-0.15, -0.1) is 0 Å². The lowest BCUT2D eigenvalue weighted by atomic mass is 9.87. The molecule has 0 unspecified atom stereocenters. The molecular weight excluding hydrogens is 406 g/mol. The summed E-state index contributed by atoms with van der Waals surface area (Å²) in [6.07, 6.45) is 14.9. The fourth-order valence-electron chi connectivity index (χ4n) is 4.43. The number of amides is 3. The quantitative estimate of drug-likeness (QED) is 0.712. The molecule has 1 saturated heterocycles. The molecule has 2 N–H and O–H groups in total. The molecule has 3 aliphatic rings. The Morgan fingerprint density at radius 1 is 1.03 bits per heavy atom. The molecule has 3 amide bonds. The molecule has 2 fully saturated rings. The Morgan fingerprint density at radius 3 is 2.56 bits per heavy atom. The van der Waals surface area contributed by atoms with E-state index in [0.717, 1.165) is 18.1 Å². The molecule has 8 heteroatoms. The molecule has 0 aromatic heterocycles. The molecular formula is C24H33N5O3. The van der Waals surface area contributed by atoms with E-state index in [1.807, 2.05) is 36.4 Å². The normalized spacial score (nSPS) is 18.9. The molecule has 0 radical (unpaired) electrons. The highest BCUT2D eigenvalue weighted by Crippen LogP contribution is 2.26. The van der Waals surface area contributed by atoms with E-state index in [0.29, 0.717) is 38.3 Å². The van der Waals surface area contributed by atoms with Gasteiger partial charge in [0.2, 0.25) is 0 Å². The number of hydrogen-bond acceptors (Lipinski definition) is 5. The Morgan fingerprint density at radius 2 is 1.81 bits per heavy atom. The third kappa shape index (κ3) is 5.96. The average molecular weight is 440 g/mol. The highest BCUT2D eigenvalue weighted by Gasteiger charge is 2.25. The minimum Gasteiger partial charge on any atom is -0.494 e. The topological polar surface area (TPSA) is 77.2 Å². The van der Waals surface area contributed by atoms with Crippen LogP contribution in [-0.4, -0.2) is 59.6 Å². The third-order valence-electron chi connectivity index (χ3n) is 6.33. The summed E-state index contributed by atoms with van der Waals surface area (Å²) in [6.45, 7) is 2.68. The van der Waals surface area contributed by atoms with Crippen molar-refractivity contribution in [3.63, 3.8) is 0 Å². The minimum atomic E-state index is -0.196. The van der Waals surface area contributed by atoms with Gasteiger partial charge >= 0.3 is 6.03 Å². The highest BCUT2D eigenvalue weighted by atomic mass is 16.5. The van der Waals surface area contributed by atoms with Crippen LogP contribution in [0.2, 0.25) is 0 Å². The zero-order chi connectivity index (χ0) is 22.2. The van der Waals surface area contributed by atoms with Gasteiger partial charge in [-0.3, -0.25) is 10.2 Å². The number of ether oxygens (including phenoxy) is 1. The number of allylic oxidation sites excluding steroid dienone is 2. The van der Waals surface area contributed by atoms with Crippen molar-refractivity contribution in [1.29, 1.82) is 0 Å². The molecule has 0 bridgehead atoms. The Kier molecular flexibility index (Phi) is 7.53. The smallest absolute Gasteiger partial charge is 0.337 e. The second-order valence-electron chi connectivity index (χ2n) is 8.56. The first-order valence-corrected chi connectivity index (χ1v) is 11.7. The largest absolute Gasteiger partial charge is 0.494 e. The van der Waals surface area contributed by atoms with Gasteiger partial charge in [0.05, 0.1) is 6.61 Å². The molecule has 172 valence electrons. The van der Waals surface area contributed by atoms with Crippen LogP contribution in [0, 0.1) is 5.92 Å². The van der Waals surface area contributed by atoms with Gasteiger partial charge in [0.1, 0.15) is 5.75 Å². The van der Waals surface area contributed by atoms with Gasteiger partial charge in [-0.1, -0.05) is 38.2 Å². The molecule has 1 aliphatic carbocycles. The summed E-state index contributed by atoms with van der Waals surface area (Å²) in [4.78, 5) is 28.9. The van der Waals surface area contributed by atoms with Gasteiger partial charge in [-0.25, -0.2) is 15.3 Å². The Bertz CT molecular complexity index is 842. The number of nitrogens with zero attached hydrogens (tertiary/aromatic N) is 3. The van der Waals surface area contributed by atoms with Gasteiger partial charge in [-0.2, -0.15) is 0 Å². The number of urea groups is 1. The van der Waals surface area contributed by atoms with Crippen LogP contribution in [0.5, 0.6) is 5.75 Å². The van der Waals surface area contributed by atoms with Gasteiger partial charge in [0.25, 0.3) is 5.91 Å². The Hall–Kier alpha value is -3.16. The van der Waals surface area contributed by atoms with Crippen molar-refractivity contribution < 1.29 is 14.3 Å². The van der Waals surface area contributed by atoms with Gasteiger partial charge in [-0.05, 0) is 42.7 Å². The number of hydrazine groups is 2. The molecule has 0 spiro atoms. The predicted octanol–water partition coefficient (Wildman–Crippen LogP) is 3.27. The van der Waals surface area contributed by atoms with E-state index < -0.39 is 0 Å². The molecule has 8 nitrogen and oxygen atoms in total. The Balaban J connectivity index is 1.23. The standard InChI is InChI=1S/C24H33N5O3/c30-23(21-9-6-10-22(19-21)32-18-11-20-7-2-1-3-8-20)27-14-16-28(17-15-27)24(31)26-29-13-5-4-12-25-29/h4-6,9-10,12-13,19-20,25H,1-3,7-8,11,14-18H2,(H,26,31). The van der Waals surface area contributed by atoms with E-state index in [2.05, 4.69) is 10.9 Å². The first-order chi connectivity index (χ1) is 15.7. The number of carbonyl (C=O) groups is 2. The molecule has 1 aromatic rings. The lowest BCUT2D eigenvalue weighted by molar-refractivity contribution is 0.0648. The second-order valence-corrected chi connectivity index (χ2v) is 8.56. The lowest BCUT2D eigenvalue weighted by Gasteiger charge is -2.36. The lowest BCUT2D eigenvalue weighted by Crippen LogP contribution is -2.57. The molecule has 32 heavy (non-hydrogen) atoms. The van der Waals surface area contributed by atoms with Gasteiger partial charge in [0.15, 0.2) is 0 Å². The van der Waals surface area contributed by atoms with E-state index in [1.165, 1.54) is 37.2 Å². The van der Waals surface area contributed by atoms with Gasteiger partial charge in [0, 0.05) is 44.1 Å². The number of benzene rings is 1. The summed E-state index contributed by atoms with van der Waals surface area (Å²) in [7, 11) is 0. The maximum absolute atomic E-state index is 13.0. The maximum atomic E-state index is 13.0. The predicted molar refractivity (Wildman–Crippen MR) is 122 cm³/mol. The molecule has 1 aromatic carbocycles. The summed E-state index contributed by atoms with van der Waals surface area (Å²) in [5, 5.41) is 1.50. The first-order valence-electron chi connectivity index (χ1n) is 11.7. The van der Waals surface area contributed by atoms with Crippen LogP contribution in [0.15, 0.2) is 48.8 Å². The highest BCUT2D eigenvalue weighted by molar-refractivity contribution is 5.94. The van der Waals surface area contributed by atoms with E-state index in [9.17, 15) is 9.59 Å². The van der Waals surface area contributed by atoms with Gasteiger partial charge < -0.3 is 14.5 Å². The SMILES string of the molecule is O=C(NN1C=CC=CN1)N1CCN(C(=O)c2cccc(OCCC3CCCCC3)c2)CC1. The van der Waals surface area contributed by atoms with Crippen LogP contribution >= 0.6 is 0 Å². The van der Waals surface area contributed by atoms with Crippen molar-refractivity contribution >= 4 is 11.9 Å². The summed E-state index contributed by atoms with van der Waals surface area (Å²) >= 11 is 0. The zero-order valence-corrected chi connectivity index (χ0v) is 18.5. The number of carbonyl (C=O) groups excluding carboxylic acids is 2. The van der Waals surface area contributed by atoms with Crippen molar-refractivity contribution in [3.05, 3.63) is 54.4 Å². The van der Waals surface area contributed by atoms with Crippen LogP contribution < -0.4 is 15.6 Å². The van der Waals surface area contributed by atoms with Crippen LogP contribution in [0.25, 0.3) is 0 Å².